The molecule has 230 valence electrons. The van der Waals surface area contributed by atoms with Gasteiger partial charge in [-0.1, -0.05) is 13.0 Å². The molecule has 3 heterocycles. The Bertz CT molecular complexity index is 1780. The molecule has 3 aromatic heterocycles. The maximum Gasteiger partial charge on any atom is 0.491 e. The molecule has 1 saturated carbocycles. The Kier molecular flexibility index (Phi) is 8.33. The van der Waals surface area contributed by atoms with Crippen molar-refractivity contribution in [2.24, 2.45) is 13.0 Å². The van der Waals surface area contributed by atoms with Gasteiger partial charge in [-0.05, 0) is 30.9 Å². The Labute approximate surface area is 248 Å². The number of halogens is 3. The summed E-state index contributed by atoms with van der Waals surface area (Å²) >= 11 is 0. The van der Waals surface area contributed by atoms with Crippen molar-refractivity contribution in [1.82, 2.24) is 29.3 Å². The smallest absolute Gasteiger partial charge is 0.491 e. The largest absolute Gasteiger partial charge is 0.494 e. The highest BCUT2D eigenvalue weighted by Crippen LogP contribution is 2.38. The van der Waals surface area contributed by atoms with Crippen LogP contribution in [0, 0.1) is 5.92 Å². The number of esters is 1. The van der Waals surface area contributed by atoms with Gasteiger partial charge in [0.2, 0.25) is 0 Å². The van der Waals surface area contributed by atoms with E-state index in [1.807, 2.05) is 0 Å². The molecule has 1 aliphatic rings. The van der Waals surface area contributed by atoms with Crippen LogP contribution in [-0.2, 0) is 18.4 Å². The lowest BCUT2D eigenvalue weighted by molar-refractivity contribution is -0.189. The van der Waals surface area contributed by atoms with Gasteiger partial charge in [0.15, 0.2) is 28.9 Å². The second-order valence-corrected chi connectivity index (χ2v) is 9.99. The number of aryl methyl sites for hydroxylation is 1. The summed E-state index contributed by atoms with van der Waals surface area (Å²) in [5.74, 6) is -2.87. The molecule has 0 radical (unpaired) electrons. The van der Waals surface area contributed by atoms with Crippen LogP contribution in [0.3, 0.4) is 0 Å². The van der Waals surface area contributed by atoms with Gasteiger partial charge in [0, 0.05) is 32.3 Å². The number of pyridine rings is 1. The molecule has 4 aromatic rings. The van der Waals surface area contributed by atoms with E-state index in [1.54, 1.807) is 32.2 Å². The van der Waals surface area contributed by atoms with Crippen molar-refractivity contribution in [3.8, 4) is 22.9 Å². The van der Waals surface area contributed by atoms with Gasteiger partial charge in [-0.25, -0.2) is 19.6 Å². The van der Waals surface area contributed by atoms with Crippen molar-refractivity contribution in [2.75, 3.05) is 17.7 Å². The van der Waals surface area contributed by atoms with E-state index in [2.05, 4.69) is 35.4 Å². The van der Waals surface area contributed by atoms with E-state index in [-0.39, 0.29) is 41.7 Å². The summed E-state index contributed by atoms with van der Waals surface area (Å²) in [6.45, 7) is 1.89. The number of rotatable bonds is 11. The number of hydrogen-bond donors (Lipinski definition) is 2. The van der Waals surface area contributed by atoms with Crippen LogP contribution in [0.25, 0.3) is 11.4 Å². The molecule has 0 spiro atoms. The molecule has 1 fully saturated rings. The standard InChI is InChI=1S/C28H27F3N8O5/c1-4-20(40)17-11-32-22(10-19(17)34-18-7-5-6-16(23(18)43-3)24-33-14-38(2)37-24)35-25-21(44-26(41)28(29,30)31)13-39(27(42)36-25)12-15-8-9-15/h5-7,10-11,13-15H,4,8-9,12H2,1-3H3,(H2,32,34,35,36,42). The van der Waals surface area contributed by atoms with Crippen molar-refractivity contribution in [1.29, 1.82) is 0 Å². The van der Waals surface area contributed by atoms with Gasteiger partial charge in [0.25, 0.3) is 0 Å². The van der Waals surface area contributed by atoms with Crippen molar-refractivity contribution in [2.45, 2.75) is 38.9 Å². The summed E-state index contributed by atoms with van der Waals surface area (Å²) in [5.41, 5.74) is 0.723. The monoisotopic (exact) mass is 612 g/mol. The van der Waals surface area contributed by atoms with E-state index < -0.39 is 29.4 Å². The maximum atomic E-state index is 13.1. The lowest BCUT2D eigenvalue weighted by atomic mass is 10.1. The van der Waals surface area contributed by atoms with E-state index in [9.17, 15) is 27.6 Å². The third-order valence-electron chi connectivity index (χ3n) is 6.65. The highest BCUT2D eigenvalue weighted by molar-refractivity contribution is 6.02. The number of para-hydroxylation sites is 1. The number of carbonyl (C=O) groups excluding carboxylic acids is 2. The maximum absolute atomic E-state index is 13.1. The number of benzene rings is 1. The van der Waals surface area contributed by atoms with Crippen molar-refractivity contribution >= 4 is 34.8 Å². The zero-order valence-corrected chi connectivity index (χ0v) is 23.8. The van der Waals surface area contributed by atoms with Crippen LogP contribution in [0.1, 0.15) is 36.5 Å². The Morgan fingerprint density at radius 3 is 2.55 bits per heavy atom. The Morgan fingerprint density at radius 2 is 1.91 bits per heavy atom. The van der Waals surface area contributed by atoms with Gasteiger partial charge in [-0.3, -0.25) is 14.0 Å². The highest BCUT2D eigenvalue weighted by atomic mass is 19.4. The first-order chi connectivity index (χ1) is 21.0. The normalized spacial score (nSPS) is 13.0. The number of alkyl halides is 3. The van der Waals surface area contributed by atoms with Crippen LogP contribution >= 0.6 is 0 Å². The molecule has 1 aromatic carbocycles. The summed E-state index contributed by atoms with van der Waals surface area (Å²) in [4.78, 5) is 49.5. The molecule has 5 rings (SSSR count). The van der Waals surface area contributed by atoms with Crippen LogP contribution in [-0.4, -0.2) is 54.3 Å². The molecule has 2 N–H and O–H groups in total. The number of nitrogens with zero attached hydrogens (tertiary/aromatic N) is 6. The Balaban J connectivity index is 1.53. The summed E-state index contributed by atoms with van der Waals surface area (Å²) in [6.07, 6.45) is 0.392. The number of ketones is 1. The molecule has 13 nitrogen and oxygen atoms in total. The van der Waals surface area contributed by atoms with Gasteiger partial charge >= 0.3 is 17.8 Å². The average Bonchev–Trinajstić information content (AvgIpc) is 3.70. The first-order valence-corrected chi connectivity index (χ1v) is 13.5. The zero-order chi connectivity index (χ0) is 31.6. The number of Topliss-reactive ketones (excluding diaryl/α,β-unsaturated/α-hetero) is 1. The lowest BCUT2D eigenvalue weighted by Crippen LogP contribution is -2.30. The van der Waals surface area contributed by atoms with Gasteiger partial charge in [-0.2, -0.15) is 23.3 Å². The second-order valence-electron chi connectivity index (χ2n) is 9.99. The SMILES string of the molecule is CCC(=O)c1cnc(Nc2nc(=O)n(CC3CC3)cc2OC(=O)C(F)(F)F)cc1Nc1cccc(-c2ncn(C)n2)c1OC. The fraction of sp³-hybridized carbons (Fsp3) is 0.321. The minimum atomic E-state index is -5.29. The fourth-order valence-electron chi connectivity index (χ4n) is 4.30. The van der Waals surface area contributed by atoms with Crippen LogP contribution in [0.4, 0.5) is 36.2 Å². The molecular formula is C28H27F3N8O5. The molecule has 0 amide bonds. The molecule has 0 atom stereocenters. The summed E-state index contributed by atoms with van der Waals surface area (Å²) in [7, 11) is 3.18. The average molecular weight is 613 g/mol. The van der Waals surface area contributed by atoms with Crippen molar-refractivity contribution in [3.63, 3.8) is 0 Å². The predicted molar refractivity (Wildman–Crippen MR) is 151 cm³/mol. The van der Waals surface area contributed by atoms with Crippen molar-refractivity contribution in [3.05, 3.63) is 59.0 Å². The highest BCUT2D eigenvalue weighted by Gasteiger charge is 2.42. The van der Waals surface area contributed by atoms with Gasteiger partial charge in [-0.15, -0.1) is 0 Å². The van der Waals surface area contributed by atoms with Crippen LogP contribution < -0.4 is 25.8 Å². The number of methoxy groups -OCH3 is 1. The van der Waals surface area contributed by atoms with Gasteiger partial charge < -0.3 is 20.1 Å². The van der Waals surface area contributed by atoms with Crippen LogP contribution in [0.15, 0.2) is 47.8 Å². The zero-order valence-electron chi connectivity index (χ0n) is 23.8. The third-order valence-corrected chi connectivity index (χ3v) is 6.65. The van der Waals surface area contributed by atoms with Crippen molar-refractivity contribution < 1.29 is 32.2 Å². The Morgan fingerprint density at radius 1 is 1.14 bits per heavy atom. The number of carbonyl (C=O) groups is 2. The van der Waals surface area contributed by atoms with Crippen LogP contribution in [0.2, 0.25) is 0 Å². The number of hydrogen-bond acceptors (Lipinski definition) is 11. The molecular weight excluding hydrogens is 585 g/mol. The van der Waals surface area contributed by atoms with Crippen LogP contribution in [0.5, 0.6) is 11.5 Å². The van der Waals surface area contributed by atoms with E-state index in [0.717, 1.165) is 23.6 Å². The minimum absolute atomic E-state index is 0.0159. The molecule has 0 unspecified atom stereocenters. The van der Waals surface area contributed by atoms with E-state index in [1.165, 1.54) is 30.4 Å². The van der Waals surface area contributed by atoms with E-state index in [4.69, 9.17) is 4.74 Å². The van der Waals surface area contributed by atoms with Gasteiger partial charge in [0.05, 0.1) is 35.8 Å². The van der Waals surface area contributed by atoms with E-state index >= 15 is 0 Å². The number of nitrogens with one attached hydrogen (secondary N) is 2. The molecule has 44 heavy (non-hydrogen) atoms. The summed E-state index contributed by atoms with van der Waals surface area (Å²) in [5, 5.41) is 10.1. The first-order valence-electron chi connectivity index (χ1n) is 13.5. The molecule has 0 bridgehead atoms. The molecule has 0 aliphatic heterocycles. The quantitative estimate of drug-likeness (QED) is 0.183. The summed E-state index contributed by atoms with van der Waals surface area (Å²) in [6, 6.07) is 6.60. The number of aromatic nitrogens is 6. The molecule has 1 aliphatic carbocycles. The number of anilines is 4. The summed E-state index contributed by atoms with van der Waals surface area (Å²) < 4.78 is 52.0. The molecule has 0 saturated heterocycles. The lowest BCUT2D eigenvalue weighted by Gasteiger charge is -2.17. The first kappa shape index (κ1) is 30.2. The fourth-order valence-corrected chi connectivity index (χ4v) is 4.30. The predicted octanol–water partition coefficient (Wildman–Crippen LogP) is 4.40. The number of ether oxygens (including phenoxy) is 2. The second kappa shape index (κ2) is 12.1. The minimum Gasteiger partial charge on any atom is -0.494 e. The third kappa shape index (κ3) is 6.68. The van der Waals surface area contributed by atoms with Gasteiger partial charge in [0.1, 0.15) is 12.1 Å². The van der Waals surface area contributed by atoms with E-state index in [0.29, 0.717) is 22.8 Å². The Hall–Kier alpha value is -5.28. The molecule has 16 heteroatoms. The topological polar surface area (TPSA) is 155 Å².